The average Bonchev–Trinajstić information content (AvgIpc) is 2.25. The summed E-state index contributed by atoms with van der Waals surface area (Å²) in [5, 5.41) is 15.2. The van der Waals surface area contributed by atoms with E-state index in [0.717, 1.165) is 13.0 Å². The standard InChI is InChI=1S/C11H24N2O2/c1-4-10(14)6-7-13-11(15)9(3)8-12-5-2/h9-10,12,14H,4-8H2,1-3H3,(H,13,15). The highest BCUT2D eigenvalue weighted by molar-refractivity contribution is 5.78. The first-order valence-corrected chi connectivity index (χ1v) is 5.78. The van der Waals surface area contributed by atoms with Gasteiger partial charge in [0.25, 0.3) is 0 Å². The second kappa shape index (κ2) is 8.68. The van der Waals surface area contributed by atoms with Crippen LogP contribution < -0.4 is 10.6 Å². The van der Waals surface area contributed by atoms with E-state index in [9.17, 15) is 9.90 Å². The third-order valence-corrected chi connectivity index (χ3v) is 2.40. The Bertz CT molecular complexity index is 174. The van der Waals surface area contributed by atoms with Crippen LogP contribution >= 0.6 is 0 Å². The minimum Gasteiger partial charge on any atom is -0.393 e. The summed E-state index contributed by atoms with van der Waals surface area (Å²) in [5.41, 5.74) is 0. The summed E-state index contributed by atoms with van der Waals surface area (Å²) < 4.78 is 0. The molecule has 0 aromatic carbocycles. The normalized spacial score (nSPS) is 14.7. The molecule has 2 unspecified atom stereocenters. The number of rotatable bonds is 8. The number of aliphatic hydroxyl groups is 1. The zero-order chi connectivity index (χ0) is 11.7. The molecule has 0 aromatic rings. The van der Waals surface area contributed by atoms with Crippen molar-refractivity contribution >= 4 is 5.91 Å². The molecule has 1 amide bonds. The summed E-state index contributed by atoms with van der Waals surface area (Å²) >= 11 is 0. The van der Waals surface area contributed by atoms with Crippen LogP contribution in [0.4, 0.5) is 0 Å². The van der Waals surface area contributed by atoms with Gasteiger partial charge in [0.2, 0.25) is 5.91 Å². The predicted octanol–water partition coefficient (Wildman–Crippen LogP) is 0.509. The van der Waals surface area contributed by atoms with Crippen LogP contribution in [0.3, 0.4) is 0 Å². The predicted molar refractivity (Wildman–Crippen MR) is 61.6 cm³/mol. The van der Waals surface area contributed by atoms with Gasteiger partial charge in [-0.2, -0.15) is 0 Å². The van der Waals surface area contributed by atoms with E-state index in [-0.39, 0.29) is 17.9 Å². The number of hydrogen-bond acceptors (Lipinski definition) is 3. The monoisotopic (exact) mass is 216 g/mol. The Labute approximate surface area is 92.4 Å². The van der Waals surface area contributed by atoms with Gasteiger partial charge in [-0.05, 0) is 19.4 Å². The summed E-state index contributed by atoms with van der Waals surface area (Å²) in [6.07, 6.45) is 1.08. The second-order valence-corrected chi connectivity index (χ2v) is 3.85. The van der Waals surface area contributed by atoms with Crippen molar-refractivity contribution in [2.24, 2.45) is 5.92 Å². The van der Waals surface area contributed by atoms with Crippen LogP contribution in [0.2, 0.25) is 0 Å². The minimum absolute atomic E-state index is 0.0104. The van der Waals surface area contributed by atoms with Gasteiger partial charge >= 0.3 is 0 Å². The quantitative estimate of drug-likeness (QED) is 0.554. The molecular formula is C11H24N2O2. The lowest BCUT2D eigenvalue weighted by atomic mass is 10.1. The molecule has 0 bridgehead atoms. The number of hydrogen-bond donors (Lipinski definition) is 3. The van der Waals surface area contributed by atoms with E-state index < -0.39 is 0 Å². The van der Waals surface area contributed by atoms with Crippen LogP contribution in [0.5, 0.6) is 0 Å². The van der Waals surface area contributed by atoms with Crippen LogP contribution in [0.1, 0.15) is 33.6 Å². The SMILES string of the molecule is CCNCC(C)C(=O)NCCC(O)CC. The summed E-state index contributed by atoms with van der Waals surface area (Å²) in [6.45, 7) is 7.99. The first kappa shape index (κ1) is 14.4. The molecular weight excluding hydrogens is 192 g/mol. The molecule has 2 atom stereocenters. The molecule has 0 aliphatic carbocycles. The Hall–Kier alpha value is -0.610. The van der Waals surface area contributed by atoms with Gasteiger partial charge in [0, 0.05) is 19.0 Å². The third-order valence-electron chi connectivity index (χ3n) is 2.40. The highest BCUT2D eigenvalue weighted by atomic mass is 16.3. The lowest BCUT2D eigenvalue weighted by Crippen LogP contribution is -2.36. The molecule has 4 nitrogen and oxygen atoms in total. The topological polar surface area (TPSA) is 61.4 Å². The highest BCUT2D eigenvalue weighted by Gasteiger charge is 2.11. The second-order valence-electron chi connectivity index (χ2n) is 3.85. The van der Waals surface area contributed by atoms with E-state index in [1.54, 1.807) is 0 Å². The van der Waals surface area contributed by atoms with Gasteiger partial charge in [-0.15, -0.1) is 0 Å². The minimum atomic E-state index is -0.297. The van der Waals surface area contributed by atoms with E-state index in [4.69, 9.17) is 0 Å². The lowest BCUT2D eigenvalue weighted by molar-refractivity contribution is -0.124. The van der Waals surface area contributed by atoms with Crippen molar-refractivity contribution in [1.29, 1.82) is 0 Å². The van der Waals surface area contributed by atoms with Crippen molar-refractivity contribution in [3.8, 4) is 0 Å². The molecule has 4 heteroatoms. The van der Waals surface area contributed by atoms with Crippen molar-refractivity contribution in [3.63, 3.8) is 0 Å². The molecule has 0 saturated carbocycles. The van der Waals surface area contributed by atoms with E-state index >= 15 is 0 Å². The molecule has 0 aliphatic heterocycles. The summed E-state index contributed by atoms with van der Waals surface area (Å²) in [6, 6.07) is 0. The molecule has 0 spiro atoms. The first-order chi connectivity index (χ1) is 7.11. The largest absolute Gasteiger partial charge is 0.393 e. The van der Waals surface area contributed by atoms with Gasteiger partial charge in [-0.25, -0.2) is 0 Å². The third kappa shape index (κ3) is 7.33. The first-order valence-electron chi connectivity index (χ1n) is 5.78. The van der Waals surface area contributed by atoms with Crippen molar-refractivity contribution in [3.05, 3.63) is 0 Å². The fourth-order valence-electron chi connectivity index (χ4n) is 1.19. The molecule has 3 N–H and O–H groups in total. The fourth-order valence-corrected chi connectivity index (χ4v) is 1.19. The van der Waals surface area contributed by atoms with Crippen LogP contribution in [0.15, 0.2) is 0 Å². The van der Waals surface area contributed by atoms with E-state index in [2.05, 4.69) is 10.6 Å². The molecule has 0 fully saturated rings. The summed E-state index contributed by atoms with van der Waals surface area (Å²) in [7, 11) is 0. The molecule has 0 radical (unpaired) electrons. The smallest absolute Gasteiger partial charge is 0.224 e. The summed E-state index contributed by atoms with van der Waals surface area (Å²) in [4.78, 5) is 11.5. The molecule has 0 saturated heterocycles. The Morgan fingerprint density at radius 1 is 1.40 bits per heavy atom. The zero-order valence-corrected chi connectivity index (χ0v) is 10.0. The van der Waals surface area contributed by atoms with Crippen molar-refractivity contribution in [1.82, 2.24) is 10.6 Å². The highest BCUT2D eigenvalue weighted by Crippen LogP contribution is 1.96. The molecule has 90 valence electrons. The maximum Gasteiger partial charge on any atom is 0.224 e. The number of amides is 1. The van der Waals surface area contributed by atoms with Gasteiger partial charge in [0.1, 0.15) is 0 Å². The van der Waals surface area contributed by atoms with Crippen molar-refractivity contribution in [2.75, 3.05) is 19.6 Å². The van der Waals surface area contributed by atoms with Crippen LogP contribution in [0, 0.1) is 5.92 Å². The Morgan fingerprint density at radius 3 is 2.60 bits per heavy atom. The fraction of sp³-hybridized carbons (Fsp3) is 0.909. The van der Waals surface area contributed by atoms with E-state index in [1.165, 1.54) is 0 Å². The number of carbonyl (C=O) groups is 1. The van der Waals surface area contributed by atoms with Crippen molar-refractivity contribution in [2.45, 2.75) is 39.7 Å². The number of nitrogens with one attached hydrogen (secondary N) is 2. The van der Waals surface area contributed by atoms with Gasteiger partial charge < -0.3 is 15.7 Å². The molecule has 15 heavy (non-hydrogen) atoms. The Balaban J connectivity index is 3.55. The van der Waals surface area contributed by atoms with Crippen LogP contribution in [-0.2, 0) is 4.79 Å². The molecule has 0 heterocycles. The molecule has 0 aliphatic rings. The average molecular weight is 216 g/mol. The van der Waals surface area contributed by atoms with Gasteiger partial charge in [0.05, 0.1) is 6.10 Å². The maximum absolute atomic E-state index is 11.5. The van der Waals surface area contributed by atoms with Gasteiger partial charge in [-0.3, -0.25) is 4.79 Å². The molecule has 0 rings (SSSR count). The maximum atomic E-state index is 11.5. The Morgan fingerprint density at radius 2 is 2.07 bits per heavy atom. The van der Waals surface area contributed by atoms with E-state index in [1.807, 2.05) is 20.8 Å². The van der Waals surface area contributed by atoms with Crippen LogP contribution in [-0.4, -0.2) is 36.8 Å². The van der Waals surface area contributed by atoms with Crippen LogP contribution in [0.25, 0.3) is 0 Å². The summed E-state index contributed by atoms with van der Waals surface area (Å²) in [5.74, 6) is 0.0444. The van der Waals surface area contributed by atoms with E-state index in [0.29, 0.717) is 19.5 Å². The number of carbonyl (C=O) groups excluding carboxylic acids is 1. The van der Waals surface area contributed by atoms with Gasteiger partial charge in [0.15, 0.2) is 0 Å². The number of aliphatic hydroxyl groups excluding tert-OH is 1. The van der Waals surface area contributed by atoms with Gasteiger partial charge in [-0.1, -0.05) is 20.8 Å². The zero-order valence-electron chi connectivity index (χ0n) is 10.0. The Kier molecular flexibility index (Phi) is 8.33. The lowest BCUT2D eigenvalue weighted by Gasteiger charge is -2.13. The van der Waals surface area contributed by atoms with Crippen molar-refractivity contribution < 1.29 is 9.90 Å². The molecule has 0 aromatic heterocycles.